The lowest BCUT2D eigenvalue weighted by molar-refractivity contribution is 0.911. The highest BCUT2D eigenvalue weighted by Gasteiger charge is 2.28. The van der Waals surface area contributed by atoms with Crippen LogP contribution in [0.4, 0.5) is 17.2 Å². The summed E-state index contributed by atoms with van der Waals surface area (Å²) in [5.74, 6) is 0.882. The van der Waals surface area contributed by atoms with Gasteiger partial charge in [-0.25, -0.2) is 4.98 Å². The summed E-state index contributed by atoms with van der Waals surface area (Å²) >= 11 is 9.76. The van der Waals surface area contributed by atoms with Crippen LogP contribution in [0.3, 0.4) is 0 Å². The molecule has 0 saturated carbocycles. The van der Waals surface area contributed by atoms with E-state index in [0.29, 0.717) is 6.54 Å². The highest BCUT2D eigenvalue weighted by Crippen LogP contribution is 2.42. The molecule has 0 unspecified atom stereocenters. The average molecular weight is 400 g/mol. The fraction of sp³-hybridized carbons (Fsp3) is 0.0526. The Bertz CT molecular complexity index is 866. The van der Waals surface area contributed by atoms with Gasteiger partial charge in [-0.15, -0.1) is 0 Å². The van der Waals surface area contributed by atoms with E-state index in [4.69, 9.17) is 11.6 Å². The van der Waals surface area contributed by atoms with Crippen LogP contribution >= 0.6 is 27.5 Å². The van der Waals surface area contributed by atoms with E-state index in [2.05, 4.69) is 55.6 Å². The SMILES string of the molecule is Clc1ccccc1CN1[CH]N(c2ccc(Br)cn2)c2ccccc21. The first-order valence-corrected chi connectivity index (χ1v) is 8.74. The highest BCUT2D eigenvalue weighted by molar-refractivity contribution is 9.10. The first-order chi connectivity index (χ1) is 11.7. The monoisotopic (exact) mass is 398 g/mol. The number of para-hydroxylation sites is 2. The quantitative estimate of drug-likeness (QED) is 0.557. The fourth-order valence-electron chi connectivity index (χ4n) is 2.80. The van der Waals surface area contributed by atoms with E-state index in [0.717, 1.165) is 32.3 Å². The molecule has 0 bridgehead atoms. The maximum Gasteiger partial charge on any atom is 0.148 e. The molecule has 0 N–H and O–H groups in total. The second-order valence-electron chi connectivity index (χ2n) is 5.53. The minimum absolute atomic E-state index is 0.712. The summed E-state index contributed by atoms with van der Waals surface area (Å²) < 4.78 is 0.964. The molecule has 0 saturated heterocycles. The van der Waals surface area contributed by atoms with Crippen molar-refractivity contribution in [2.24, 2.45) is 0 Å². The number of fused-ring (bicyclic) bond motifs is 1. The third-order valence-electron chi connectivity index (χ3n) is 3.96. The normalized spacial score (nSPS) is 13.2. The number of anilines is 3. The minimum Gasteiger partial charge on any atom is -0.341 e. The molecule has 0 spiro atoms. The Kier molecular flexibility index (Phi) is 4.17. The molecule has 2 heterocycles. The van der Waals surface area contributed by atoms with Crippen LogP contribution in [0.15, 0.2) is 71.3 Å². The van der Waals surface area contributed by atoms with E-state index in [1.165, 1.54) is 0 Å². The summed E-state index contributed by atoms with van der Waals surface area (Å²) in [6, 6.07) is 20.2. The van der Waals surface area contributed by atoms with E-state index in [1.807, 2.05) is 48.7 Å². The molecule has 1 aromatic heterocycles. The maximum absolute atomic E-state index is 6.33. The van der Waals surface area contributed by atoms with E-state index >= 15 is 0 Å². The molecule has 119 valence electrons. The molecule has 2 aromatic carbocycles. The molecule has 24 heavy (non-hydrogen) atoms. The summed E-state index contributed by atoms with van der Waals surface area (Å²) in [5.41, 5.74) is 3.34. The number of aromatic nitrogens is 1. The minimum atomic E-state index is 0.712. The van der Waals surface area contributed by atoms with Gasteiger partial charge in [0.1, 0.15) is 12.5 Å². The first kappa shape index (κ1) is 15.5. The largest absolute Gasteiger partial charge is 0.341 e. The number of benzene rings is 2. The summed E-state index contributed by atoms with van der Waals surface area (Å²) in [5, 5.41) is 0.781. The van der Waals surface area contributed by atoms with Crippen LogP contribution in [0.2, 0.25) is 5.02 Å². The van der Waals surface area contributed by atoms with Gasteiger partial charge in [0.2, 0.25) is 0 Å². The van der Waals surface area contributed by atoms with Crippen molar-refractivity contribution in [2.75, 3.05) is 9.80 Å². The van der Waals surface area contributed by atoms with Crippen molar-refractivity contribution in [2.45, 2.75) is 6.54 Å². The van der Waals surface area contributed by atoms with Crippen LogP contribution in [0, 0.1) is 6.67 Å². The molecule has 3 nitrogen and oxygen atoms in total. The van der Waals surface area contributed by atoms with Gasteiger partial charge in [0, 0.05) is 22.2 Å². The van der Waals surface area contributed by atoms with Gasteiger partial charge >= 0.3 is 0 Å². The topological polar surface area (TPSA) is 19.4 Å². The molecule has 1 radical (unpaired) electrons. The van der Waals surface area contributed by atoms with Gasteiger partial charge in [-0.2, -0.15) is 0 Å². The van der Waals surface area contributed by atoms with Crippen LogP contribution < -0.4 is 9.80 Å². The molecular formula is C19H14BrClN3. The molecule has 5 heteroatoms. The highest BCUT2D eigenvalue weighted by atomic mass is 79.9. The van der Waals surface area contributed by atoms with Gasteiger partial charge in [0.05, 0.1) is 11.4 Å². The Labute approximate surface area is 154 Å². The zero-order valence-electron chi connectivity index (χ0n) is 12.7. The Morgan fingerprint density at radius 3 is 2.42 bits per heavy atom. The van der Waals surface area contributed by atoms with Crippen LogP contribution in [0.1, 0.15) is 5.56 Å². The third-order valence-corrected chi connectivity index (χ3v) is 4.80. The Morgan fingerprint density at radius 2 is 1.67 bits per heavy atom. The van der Waals surface area contributed by atoms with Crippen molar-refractivity contribution in [1.29, 1.82) is 0 Å². The van der Waals surface area contributed by atoms with Gasteiger partial charge in [0.15, 0.2) is 0 Å². The standard InChI is InChI=1S/C19H14BrClN3/c20-15-9-10-19(22-11-15)24-13-23(17-7-3-4-8-18(17)24)12-14-5-1-2-6-16(14)21/h1-11,13H,12H2. The van der Waals surface area contributed by atoms with E-state index in [9.17, 15) is 0 Å². The van der Waals surface area contributed by atoms with E-state index in [-0.39, 0.29) is 0 Å². The van der Waals surface area contributed by atoms with Crippen LogP contribution in [0.5, 0.6) is 0 Å². The molecule has 1 aliphatic rings. The van der Waals surface area contributed by atoms with Crippen LogP contribution in [-0.2, 0) is 6.54 Å². The Balaban J connectivity index is 1.68. The predicted octanol–water partition coefficient (Wildman–Crippen LogP) is 5.78. The zero-order chi connectivity index (χ0) is 16.5. The summed E-state index contributed by atoms with van der Waals surface area (Å²) in [7, 11) is 0. The van der Waals surface area contributed by atoms with Crippen LogP contribution in [0.25, 0.3) is 0 Å². The summed E-state index contributed by atoms with van der Waals surface area (Å²) in [6.07, 6.45) is 1.81. The molecule has 1 aliphatic heterocycles. The van der Waals surface area contributed by atoms with Crippen molar-refractivity contribution in [3.8, 4) is 0 Å². The smallest absolute Gasteiger partial charge is 0.148 e. The van der Waals surface area contributed by atoms with Gasteiger partial charge in [-0.1, -0.05) is 41.9 Å². The molecule has 4 rings (SSSR count). The molecule has 0 atom stereocenters. The van der Waals surface area contributed by atoms with Gasteiger partial charge in [0.25, 0.3) is 0 Å². The second kappa shape index (κ2) is 6.46. The Morgan fingerprint density at radius 1 is 0.917 bits per heavy atom. The van der Waals surface area contributed by atoms with E-state index < -0.39 is 0 Å². The zero-order valence-corrected chi connectivity index (χ0v) is 15.1. The molecular weight excluding hydrogens is 386 g/mol. The van der Waals surface area contributed by atoms with Gasteiger partial charge in [-0.05, 0) is 51.8 Å². The fourth-order valence-corrected chi connectivity index (χ4v) is 3.23. The Hall–Kier alpha value is -2.04. The average Bonchev–Trinajstić information content (AvgIpc) is 2.97. The number of hydrogen-bond acceptors (Lipinski definition) is 3. The van der Waals surface area contributed by atoms with Crippen molar-refractivity contribution >= 4 is 44.7 Å². The number of hydrogen-bond donors (Lipinski definition) is 0. The third kappa shape index (κ3) is 2.87. The van der Waals surface area contributed by atoms with Crippen molar-refractivity contribution in [1.82, 2.24) is 4.98 Å². The lowest BCUT2D eigenvalue weighted by Gasteiger charge is -2.20. The summed E-state index contributed by atoms with van der Waals surface area (Å²) in [6.45, 7) is 2.79. The number of nitrogens with zero attached hydrogens (tertiary/aromatic N) is 3. The van der Waals surface area contributed by atoms with Crippen molar-refractivity contribution in [3.63, 3.8) is 0 Å². The predicted molar refractivity (Wildman–Crippen MR) is 102 cm³/mol. The summed E-state index contributed by atoms with van der Waals surface area (Å²) in [4.78, 5) is 8.80. The van der Waals surface area contributed by atoms with Crippen LogP contribution in [-0.4, -0.2) is 4.98 Å². The maximum atomic E-state index is 6.33. The number of pyridine rings is 1. The number of rotatable bonds is 3. The lowest BCUT2D eigenvalue weighted by atomic mass is 10.2. The molecule has 3 aromatic rings. The number of halogens is 2. The van der Waals surface area contributed by atoms with Gasteiger partial charge < -0.3 is 4.90 Å². The molecule has 0 amide bonds. The first-order valence-electron chi connectivity index (χ1n) is 7.57. The second-order valence-corrected chi connectivity index (χ2v) is 6.85. The van der Waals surface area contributed by atoms with E-state index in [1.54, 1.807) is 0 Å². The lowest BCUT2D eigenvalue weighted by Crippen LogP contribution is -2.22. The van der Waals surface area contributed by atoms with Gasteiger partial charge in [-0.3, -0.25) is 4.90 Å². The van der Waals surface area contributed by atoms with Crippen molar-refractivity contribution in [3.05, 3.63) is 88.6 Å². The molecule has 0 aliphatic carbocycles. The van der Waals surface area contributed by atoms with Crippen molar-refractivity contribution < 1.29 is 0 Å². The molecule has 0 fully saturated rings.